The van der Waals surface area contributed by atoms with Gasteiger partial charge in [-0.25, -0.2) is 9.38 Å². The standard InChI is InChI=1S/C20H26FN3O3/c1-4-22-20(24-13-15-8-7-11-18(26-3)19(15)25)23-12-14(2)27-17-10-6-5-9-16(17)21/h5-11,14,25H,4,12-13H2,1-3H3,(H2,22,23,24). The fourth-order valence-electron chi connectivity index (χ4n) is 2.41. The van der Waals surface area contributed by atoms with E-state index in [1.807, 2.05) is 13.8 Å². The van der Waals surface area contributed by atoms with E-state index in [4.69, 9.17) is 9.47 Å². The van der Waals surface area contributed by atoms with E-state index in [2.05, 4.69) is 15.6 Å². The van der Waals surface area contributed by atoms with Crippen LogP contribution in [0.2, 0.25) is 0 Å². The molecule has 2 aromatic carbocycles. The molecule has 2 rings (SSSR count). The van der Waals surface area contributed by atoms with Gasteiger partial charge in [0.05, 0.1) is 20.2 Å². The van der Waals surface area contributed by atoms with Crippen molar-refractivity contribution in [1.29, 1.82) is 0 Å². The maximum Gasteiger partial charge on any atom is 0.191 e. The molecule has 0 bridgehead atoms. The molecular weight excluding hydrogens is 349 g/mol. The lowest BCUT2D eigenvalue weighted by Crippen LogP contribution is -2.41. The third kappa shape index (κ3) is 6.06. The van der Waals surface area contributed by atoms with Crippen LogP contribution in [0.15, 0.2) is 47.5 Å². The first-order chi connectivity index (χ1) is 13.0. The highest BCUT2D eigenvalue weighted by Crippen LogP contribution is 2.29. The van der Waals surface area contributed by atoms with Crippen molar-refractivity contribution >= 4 is 5.96 Å². The Bertz CT molecular complexity index is 768. The lowest BCUT2D eigenvalue weighted by molar-refractivity contribution is 0.214. The highest BCUT2D eigenvalue weighted by Gasteiger charge is 2.10. The quantitative estimate of drug-likeness (QED) is 0.488. The van der Waals surface area contributed by atoms with Gasteiger partial charge in [0, 0.05) is 12.1 Å². The predicted octanol–water partition coefficient (Wildman–Crippen LogP) is 3.06. The fourth-order valence-corrected chi connectivity index (χ4v) is 2.41. The second kappa shape index (κ2) is 10.3. The van der Waals surface area contributed by atoms with Crippen LogP contribution in [0.3, 0.4) is 0 Å². The number of benzene rings is 2. The molecule has 1 unspecified atom stereocenters. The van der Waals surface area contributed by atoms with Crippen LogP contribution in [0.1, 0.15) is 19.4 Å². The Kier molecular flexibility index (Phi) is 7.73. The van der Waals surface area contributed by atoms with Crippen LogP contribution in [0.25, 0.3) is 0 Å². The van der Waals surface area contributed by atoms with E-state index in [-0.39, 0.29) is 24.1 Å². The summed E-state index contributed by atoms with van der Waals surface area (Å²) < 4.78 is 24.4. The number of hydrogen-bond acceptors (Lipinski definition) is 4. The zero-order valence-corrected chi connectivity index (χ0v) is 15.8. The van der Waals surface area contributed by atoms with Crippen LogP contribution in [0, 0.1) is 5.82 Å². The van der Waals surface area contributed by atoms with Crippen molar-refractivity contribution in [2.45, 2.75) is 26.5 Å². The molecule has 6 nitrogen and oxygen atoms in total. The van der Waals surface area contributed by atoms with Crippen molar-refractivity contribution in [2.75, 3.05) is 20.2 Å². The number of nitrogens with zero attached hydrogens (tertiary/aromatic N) is 1. The minimum absolute atomic E-state index is 0.0795. The molecule has 0 heterocycles. The number of rotatable bonds is 8. The van der Waals surface area contributed by atoms with Gasteiger partial charge >= 0.3 is 0 Å². The van der Waals surface area contributed by atoms with E-state index in [9.17, 15) is 9.50 Å². The molecule has 0 aliphatic carbocycles. The van der Waals surface area contributed by atoms with Crippen LogP contribution < -0.4 is 20.1 Å². The molecule has 0 aromatic heterocycles. The topological polar surface area (TPSA) is 75.1 Å². The van der Waals surface area contributed by atoms with Crippen molar-refractivity contribution in [3.8, 4) is 17.2 Å². The number of ether oxygens (including phenoxy) is 2. The molecule has 2 aromatic rings. The summed E-state index contributed by atoms with van der Waals surface area (Å²) in [6.45, 7) is 5.19. The van der Waals surface area contributed by atoms with E-state index in [0.29, 0.717) is 30.4 Å². The second-order valence-electron chi connectivity index (χ2n) is 5.90. The molecule has 0 aliphatic heterocycles. The molecule has 3 N–H and O–H groups in total. The zero-order chi connectivity index (χ0) is 19.6. The van der Waals surface area contributed by atoms with Crippen LogP contribution in [-0.2, 0) is 6.54 Å². The van der Waals surface area contributed by atoms with Crippen LogP contribution in [0.4, 0.5) is 4.39 Å². The minimum atomic E-state index is -0.390. The normalized spacial score (nSPS) is 12.4. The summed E-state index contributed by atoms with van der Waals surface area (Å²) in [6, 6.07) is 11.6. The molecule has 0 aliphatic rings. The van der Waals surface area contributed by atoms with Crippen LogP contribution >= 0.6 is 0 Å². The van der Waals surface area contributed by atoms with Gasteiger partial charge in [-0.15, -0.1) is 0 Å². The number of phenols is 1. The number of guanidine groups is 1. The van der Waals surface area contributed by atoms with Crippen molar-refractivity contribution in [1.82, 2.24) is 10.6 Å². The summed E-state index contributed by atoms with van der Waals surface area (Å²) in [6.07, 6.45) is -0.268. The van der Waals surface area contributed by atoms with E-state index in [0.717, 1.165) is 0 Å². The van der Waals surface area contributed by atoms with Gasteiger partial charge < -0.3 is 25.2 Å². The zero-order valence-electron chi connectivity index (χ0n) is 15.8. The molecule has 0 radical (unpaired) electrons. The van der Waals surface area contributed by atoms with E-state index in [1.54, 1.807) is 36.4 Å². The van der Waals surface area contributed by atoms with Gasteiger partial charge in [0.1, 0.15) is 6.10 Å². The lowest BCUT2D eigenvalue weighted by Gasteiger charge is -2.18. The van der Waals surface area contributed by atoms with Gasteiger partial charge in [0.15, 0.2) is 29.0 Å². The van der Waals surface area contributed by atoms with Gasteiger partial charge in [-0.1, -0.05) is 24.3 Å². The monoisotopic (exact) mass is 375 g/mol. The van der Waals surface area contributed by atoms with Crippen molar-refractivity contribution in [2.24, 2.45) is 4.99 Å². The summed E-state index contributed by atoms with van der Waals surface area (Å²) in [4.78, 5) is 4.47. The van der Waals surface area contributed by atoms with Gasteiger partial charge in [-0.3, -0.25) is 0 Å². The number of aromatic hydroxyl groups is 1. The Morgan fingerprint density at radius 3 is 2.59 bits per heavy atom. The Hall–Kier alpha value is -2.96. The molecule has 0 fully saturated rings. The summed E-state index contributed by atoms with van der Waals surface area (Å²) >= 11 is 0. The van der Waals surface area contributed by atoms with Gasteiger partial charge in [0.25, 0.3) is 0 Å². The maximum atomic E-state index is 13.7. The predicted molar refractivity (Wildman–Crippen MR) is 104 cm³/mol. The van der Waals surface area contributed by atoms with E-state index >= 15 is 0 Å². The molecule has 7 heteroatoms. The number of methoxy groups -OCH3 is 1. The third-order valence-electron chi connectivity index (χ3n) is 3.78. The maximum absolute atomic E-state index is 13.7. The summed E-state index contributed by atoms with van der Waals surface area (Å²) in [5.74, 6) is 0.889. The largest absolute Gasteiger partial charge is 0.504 e. The number of phenolic OH excluding ortho intramolecular Hbond substituents is 1. The molecule has 146 valence electrons. The fraction of sp³-hybridized carbons (Fsp3) is 0.350. The highest BCUT2D eigenvalue weighted by atomic mass is 19.1. The molecular formula is C20H26FN3O3. The minimum Gasteiger partial charge on any atom is -0.504 e. The molecule has 0 spiro atoms. The molecule has 27 heavy (non-hydrogen) atoms. The van der Waals surface area contributed by atoms with Crippen molar-refractivity contribution in [3.63, 3.8) is 0 Å². The Balaban J connectivity index is 1.96. The molecule has 0 saturated heterocycles. The summed E-state index contributed by atoms with van der Waals surface area (Å²) in [5, 5.41) is 16.4. The smallest absolute Gasteiger partial charge is 0.191 e. The van der Waals surface area contributed by atoms with Gasteiger partial charge in [-0.2, -0.15) is 0 Å². The molecule has 0 amide bonds. The van der Waals surface area contributed by atoms with Crippen molar-refractivity contribution < 1.29 is 19.0 Å². The first kappa shape index (κ1) is 20.4. The van der Waals surface area contributed by atoms with Crippen molar-refractivity contribution in [3.05, 3.63) is 53.8 Å². The van der Waals surface area contributed by atoms with E-state index in [1.165, 1.54) is 13.2 Å². The van der Waals surface area contributed by atoms with E-state index < -0.39 is 5.82 Å². The third-order valence-corrected chi connectivity index (χ3v) is 3.78. The molecule has 0 saturated carbocycles. The average molecular weight is 375 g/mol. The second-order valence-corrected chi connectivity index (χ2v) is 5.90. The van der Waals surface area contributed by atoms with Crippen LogP contribution in [-0.4, -0.2) is 37.4 Å². The Labute approximate surface area is 159 Å². The number of halogens is 1. The average Bonchev–Trinajstić information content (AvgIpc) is 2.67. The molecule has 1 atom stereocenters. The number of para-hydroxylation sites is 2. The number of aliphatic imine (C=N–C) groups is 1. The lowest BCUT2D eigenvalue weighted by atomic mass is 10.2. The Morgan fingerprint density at radius 1 is 1.15 bits per heavy atom. The highest BCUT2D eigenvalue weighted by molar-refractivity contribution is 5.79. The first-order valence-electron chi connectivity index (χ1n) is 8.83. The van der Waals surface area contributed by atoms with Gasteiger partial charge in [0.2, 0.25) is 0 Å². The number of nitrogens with one attached hydrogen (secondary N) is 2. The SMILES string of the molecule is CCNC(=NCc1cccc(OC)c1O)NCC(C)Oc1ccccc1F. The summed E-state index contributed by atoms with van der Waals surface area (Å²) in [5.41, 5.74) is 0.655. The first-order valence-corrected chi connectivity index (χ1v) is 8.83. The number of hydrogen-bond donors (Lipinski definition) is 3. The van der Waals surface area contributed by atoms with Gasteiger partial charge in [-0.05, 0) is 32.0 Å². The summed E-state index contributed by atoms with van der Waals surface area (Å²) in [7, 11) is 1.50. The van der Waals surface area contributed by atoms with Crippen LogP contribution in [0.5, 0.6) is 17.2 Å². The Morgan fingerprint density at radius 2 is 1.89 bits per heavy atom.